The second kappa shape index (κ2) is 7.77. The van der Waals surface area contributed by atoms with Gasteiger partial charge in [0, 0.05) is 32.7 Å². The van der Waals surface area contributed by atoms with Crippen LogP contribution in [0.3, 0.4) is 0 Å². The molecule has 0 saturated heterocycles. The van der Waals surface area contributed by atoms with Crippen molar-refractivity contribution >= 4 is 0 Å². The van der Waals surface area contributed by atoms with E-state index in [1.165, 1.54) is 0 Å². The van der Waals surface area contributed by atoms with Gasteiger partial charge < -0.3 is 0 Å². The van der Waals surface area contributed by atoms with Crippen molar-refractivity contribution in [3.8, 4) is 11.4 Å². The van der Waals surface area contributed by atoms with Crippen LogP contribution < -0.4 is 0 Å². The van der Waals surface area contributed by atoms with Gasteiger partial charge in [-0.25, -0.2) is 0 Å². The molecular formula is C9H11N4Y-. The average molecular weight is 264 g/mol. The van der Waals surface area contributed by atoms with Crippen LogP contribution in [-0.2, 0) is 32.7 Å². The van der Waals surface area contributed by atoms with Crippen molar-refractivity contribution in [2.75, 3.05) is 0 Å². The van der Waals surface area contributed by atoms with Gasteiger partial charge in [-0.3, -0.25) is 0 Å². The van der Waals surface area contributed by atoms with Crippen LogP contribution in [0, 0.1) is 6.07 Å². The minimum Gasteiger partial charge on any atom is -0.187 e. The van der Waals surface area contributed by atoms with Crippen LogP contribution in [0.2, 0.25) is 0 Å². The molecule has 0 aliphatic carbocycles. The summed E-state index contributed by atoms with van der Waals surface area (Å²) >= 11 is 0. The van der Waals surface area contributed by atoms with Crippen molar-refractivity contribution in [1.82, 2.24) is 20.6 Å². The first kappa shape index (κ1) is 13.4. The van der Waals surface area contributed by atoms with E-state index in [9.17, 15) is 0 Å². The molecule has 1 heterocycles. The van der Waals surface area contributed by atoms with E-state index in [2.05, 4.69) is 26.7 Å². The van der Waals surface area contributed by atoms with Crippen molar-refractivity contribution < 1.29 is 32.7 Å². The summed E-state index contributed by atoms with van der Waals surface area (Å²) in [7, 11) is 0. The molecule has 0 unspecified atom stereocenters. The molecular weight excluding hydrogens is 253 g/mol. The van der Waals surface area contributed by atoms with E-state index in [1.54, 1.807) is 0 Å². The van der Waals surface area contributed by atoms with Gasteiger partial charge in [-0.2, -0.15) is 15.4 Å². The fraction of sp³-hybridized carbons (Fsp3) is 0.222. The van der Waals surface area contributed by atoms with E-state index < -0.39 is 0 Å². The number of nitrogens with zero attached hydrogens (tertiary/aromatic N) is 3. The summed E-state index contributed by atoms with van der Waals surface area (Å²) in [5, 5.41) is 13.4. The number of hydrogen-bond donors (Lipinski definition) is 1. The second-order valence-electron chi connectivity index (χ2n) is 2.01. The van der Waals surface area contributed by atoms with Gasteiger partial charge >= 0.3 is 0 Å². The molecule has 1 N–H and O–H groups in total. The molecule has 71 valence electrons. The van der Waals surface area contributed by atoms with Gasteiger partial charge in [-0.05, 0) is 0 Å². The Morgan fingerprint density at radius 3 is 2.57 bits per heavy atom. The predicted octanol–water partition coefficient (Wildman–Crippen LogP) is 1.69. The van der Waals surface area contributed by atoms with Crippen molar-refractivity contribution in [3.05, 3.63) is 30.3 Å². The third kappa shape index (κ3) is 3.64. The normalized spacial score (nSPS) is 8.14. The SMILES string of the molecule is CC.[Y].[c-]1ccccc1-c1nn[nH]n1. The number of tetrazole rings is 1. The Balaban J connectivity index is 0.000000531. The van der Waals surface area contributed by atoms with Crippen molar-refractivity contribution in [2.24, 2.45) is 0 Å². The van der Waals surface area contributed by atoms with Gasteiger partial charge in [0.2, 0.25) is 0 Å². The Kier molecular flexibility index (Phi) is 7.43. The molecule has 0 spiro atoms. The van der Waals surface area contributed by atoms with E-state index in [-0.39, 0.29) is 32.7 Å². The third-order valence-corrected chi connectivity index (χ3v) is 1.30. The molecule has 2 aromatic rings. The summed E-state index contributed by atoms with van der Waals surface area (Å²) in [5.41, 5.74) is 0.848. The molecule has 4 nitrogen and oxygen atoms in total. The van der Waals surface area contributed by atoms with Crippen molar-refractivity contribution in [1.29, 1.82) is 0 Å². The molecule has 0 bridgehead atoms. The Morgan fingerprint density at radius 2 is 2.07 bits per heavy atom. The molecule has 0 amide bonds. The van der Waals surface area contributed by atoms with E-state index in [0.717, 1.165) is 5.56 Å². The summed E-state index contributed by atoms with van der Waals surface area (Å²) in [6, 6.07) is 10.5. The third-order valence-electron chi connectivity index (χ3n) is 1.30. The van der Waals surface area contributed by atoms with Crippen LogP contribution in [-0.4, -0.2) is 20.6 Å². The van der Waals surface area contributed by atoms with Gasteiger partial charge in [-0.1, -0.05) is 19.1 Å². The summed E-state index contributed by atoms with van der Waals surface area (Å²) in [4.78, 5) is 0. The topological polar surface area (TPSA) is 54.5 Å². The number of benzene rings is 1. The van der Waals surface area contributed by atoms with E-state index in [1.807, 2.05) is 38.1 Å². The second-order valence-corrected chi connectivity index (χ2v) is 2.01. The minimum atomic E-state index is 0. The number of nitrogens with one attached hydrogen (secondary N) is 1. The van der Waals surface area contributed by atoms with Gasteiger partial charge in [0.05, 0.1) is 0 Å². The number of H-pyrrole nitrogens is 1. The fourth-order valence-corrected chi connectivity index (χ4v) is 0.808. The maximum absolute atomic E-state index is 3.81. The van der Waals surface area contributed by atoms with Gasteiger partial charge in [-0.15, -0.1) is 35.9 Å². The Morgan fingerprint density at radius 1 is 1.29 bits per heavy atom. The minimum absolute atomic E-state index is 0. The van der Waals surface area contributed by atoms with Gasteiger partial charge in [0.15, 0.2) is 0 Å². The predicted molar refractivity (Wildman–Crippen MR) is 49.8 cm³/mol. The van der Waals surface area contributed by atoms with E-state index in [0.29, 0.717) is 5.82 Å². The van der Waals surface area contributed by atoms with Crippen LogP contribution in [0.5, 0.6) is 0 Å². The molecule has 5 heteroatoms. The summed E-state index contributed by atoms with van der Waals surface area (Å²) < 4.78 is 0. The molecule has 1 radical (unpaired) electrons. The van der Waals surface area contributed by atoms with Gasteiger partial charge in [0.25, 0.3) is 0 Å². The largest absolute Gasteiger partial charge is 0.187 e. The first-order chi connectivity index (χ1) is 6.47. The molecule has 1 aromatic heterocycles. The zero-order valence-electron chi connectivity index (χ0n) is 8.23. The van der Waals surface area contributed by atoms with Crippen LogP contribution in [0.4, 0.5) is 0 Å². The Bertz CT molecular complexity index is 320. The maximum Gasteiger partial charge on any atom is 0.121 e. The quantitative estimate of drug-likeness (QED) is 0.797. The monoisotopic (exact) mass is 264 g/mol. The van der Waals surface area contributed by atoms with Gasteiger partial charge in [0.1, 0.15) is 5.82 Å². The van der Waals surface area contributed by atoms with E-state index in [4.69, 9.17) is 0 Å². The molecule has 0 atom stereocenters. The summed E-state index contributed by atoms with van der Waals surface area (Å²) in [6.07, 6.45) is 0. The smallest absolute Gasteiger partial charge is 0.121 e. The number of rotatable bonds is 1. The molecule has 0 aliphatic rings. The molecule has 1 aromatic carbocycles. The standard InChI is InChI=1S/C7H5N4.C2H6.Y/c1-2-4-6(5-3-1)7-8-10-11-9-7;1-2;/h1-4H,(H,8,9,10,11);1-2H3;/q-1;;. The summed E-state index contributed by atoms with van der Waals surface area (Å²) in [6.45, 7) is 4.00. The van der Waals surface area contributed by atoms with Crippen LogP contribution in [0.25, 0.3) is 11.4 Å². The maximum atomic E-state index is 3.81. The average Bonchev–Trinajstić information content (AvgIpc) is 2.75. The number of aromatic amines is 1. The van der Waals surface area contributed by atoms with Crippen LogP contribution in [0.1, 0.15) is 13.8 Å². The Labute approximate surface area is 108 Å². The molecule has 0 saturated carbocycles. The van der Waals surface area contributed by atoms with Crippen LogP contribution >= 0.6 is 0 Å². The number of aromatic nitrogens is 4. The summed E-state index contributed by atoms with van der Waals surface area (Å²) in [5.74, 6) is 0.575. The first-order valence-corrected chi connectivity index (χ1v) is 4.17. The Hall–Kier alpha value is -0.606. The van der Waals surface area contributed by atoms with E-state index >= 15 is 0 Å². The van der Waals surface area contributed by atoms with Crippen molar-refractivity contribution in [3.63, 3.8) is 0 Å². The molecule has 0 aliphatic heterocycles. The zero-order chi connectivity index (χ0) is 9.52. The zero-order valence-corrected chi connectivity index (χ0v) is 11.1. The molecule has 0 fully saturated rings. The number of hydrogen-bond acceptors (Lipinski definition) is 3. The van der Waals surface area contributed by atoms with Crippen LogP contribution in [0.15, 0.2) is 24.3 Å². The fourth-order valence-electron chi connectivity index (χ4n) is 0.808. The molecule has 2 rings (SSSR count). The molecule has 14 heavy (non-hydrogen) atoms. The van der Waals surface area contributed by atoms with Crippen molar-refractivity contribution in [2.45, 2.75) is 13.8 Å². The first-order valence-electron chi connectivity index (χ1n) is 4.17.